The van der Waals surface area contributed by atoms with Gasteiger partial charge >= 0.3 is 0 Å². The highest BCUT2D eigenvalue weighted by molar-refractivity contribution is 7.17. The number of ether oxygens (including phenoxy) is 2. The van der Waals surface area contributed by atoms with Crippen LogP contribution < -0.4 is 15.2 Å². The van der Waals surface area contributed by atoms with Crippen LogP contribution in [0, 0.1) is 0 Å². The Hall–Kier alpha value is -2.04. The lowest BCUT2D eigenvalue weighted by Gasteiger charge is -2.11. The van der Waals surface area contributed by atoms with Gasteiger partial charge in [0.15, 0.2) is 11.5 Å². The van der Waals surface area contributed by atoms with Crippen molar-refractivity contribution in [3.05, 3.63) is 59.0 Å². The largest absolute Gasteiger partial charge is 0.493 e. The second-order valence-electron chi connectivity index (χ2n) is 4.74. The highest BCUT2D eigenvalue weighted by atomic mass is 32.1. The van der Waals surface area contributed by atoms with Gasteiger partial charge in [-0.1, -0.05) is 24.3 Å². The van der Waals surface area contributed by atoms with Crippen LogP contribution in [0.1, 0.15) is 11.1 Å². The lowest BCUT2D eigenvalue weighted by atomic mass is 10.2. The van der Waals surface area contributed by atoms with E-state index in [1.807, 2.05) is 18.2 Å². The Labute approximate surface area is 127 Å². The van der Waals surface area contributed by atoms with Gasteiger partial charge in [0.1, 0.15) is 6.61 Å². The van der Waals surface area contributed by atoms with Crippen molar-refractivity contribution in [1.82, 2.24) is 0 Å². The number of hydrogen-bond acceptors (Lipinski definition) is 4. The molecule has 1 heterocycles. The molecule has 0 fully saturated rings. The van der Waals surface area contributed by atoms with Crippen molar-refractivity contribution in [2.24, 2.45) is 5.73 Å². The number of nitrogens with two attached hydrogens (primary N) is 1. The molecule has 0 saturated carbocycles. The van der Waals surface area contributed by atoms with Crippen molar-refractivity contribution in [3.63, 3.8) is 0 Å². The summed E-state index contributed by atoms with van der Waals surface area (Å²) >= 11 is 1.74. The van der Waals surface area contributed by atoms with Crippen LogP contribution in [0.5, 0.6) is 11.5 Å². The van der Waals surface area contributed by atoms with E-state index in [1.54, 1.807) is 18.4 Å². The third-order valence-electron chi connectivity index (χ3n) is 3.41. The second kappa shape index (κ2) is 6.16. The average Bonchev–Trinajstić information content (AvgIpc) is 2.96. The van der Waals surface area contributed by atoms with E-state index in [2.05, 4.69) is 29.6 Å². The standard InChI is InChI=1S/C17H17NO2S/c1-19-16-8-12(9-18)6-7-15(16)20-10-13-11-21-17-5-3-2-4-14(13)17/h2-8,11H,9-10,18H2,1H3. The summed E-state index contributed by atoms with van der Waals surface area (Å²) in [7, 11) is 1.64. The topological polar surface area (TPSA) is 44.5 Å². The number of fused-ring (bicyclic) bond motifs is 1. The molecule has 0 aliphatic heterocycles. The van der Waals surface area contributed by atoms with Gasteiger partial charge in [-0.05, 0) is 34.5 Å². The quantitative estimate of drug-likeness (QED) is 0.776. The highest BCUT2D eigenvalue weighted by Crippen LogP contribution is 2.31. The Bertz CT molecular complexity index is 751. The van der Waals surface area contributed by atoms with Gasteiger partial charge in [-0.3, -0.25) is 0 Å². The van der Waals surface area contributed by atoms with E-state index >= 15 is 0 Å². The van der Waals surface area contributed by atoms with Gasteiger partial charge in [0.05, 0.1) is 7.11 Å². The van der Waals surface area contributed by atoms with E-state index in [0.29, 0.717) is 13.2 Å². The molecule has 0 saturated heterocycles. The van der Waals surface area contributed by atoms with Crippen molar-refractivity contribution in [2.75, 3.05) is 7.11 Å². The molecule has 3 aromatic rings. The summed E-state index contributed by atoms with van der Waals surface area (Å²) in [6.07, 6.45) is 0. The maximum atomic E-state index is 5.92. The minimum atomic E-state index is 0.492. The first-order chi connectivity index (χ1) is 10.3. The molecule has 108 valence electrons. The lowest BCUT2D eigenvalue weighted by Crippen LogP contribution is -2.00. The summed E-state index contributed by atoms with van der Waals surface area (Å²) in [6, 6.07) is 14.1. The number of benzene rings is 2. The lowest BCUT2D eigenvalue weighted by molar-refractivity contribution is 0.286. The molecule has 0 amide bonds. The number of thiophene rings is 1. The Morgan fingerprint density at radius 1 is 1.10 bits per heavy atom. The van der Waals surface area contributed by atoms with E-state index in [1.165, 1.54) is 15.6 Å². The van der Waals surface area contributed by atoms with E-state index in [0.717, 1.165) is 17.1 Å². The average molecular weight is 299 g/mol. The van der Waals surface area contributed by atoms with Crippen LogP contribution in [0.25, 0.3) is 10.1 Å². The minimum absolute atomic E-state index is 0.492. The van der Waals surface area contributed by atoms with Crippen LogP contribution in [0.4, 0.5) is 0 Å². The molecule has 0 aliphatic rings. The smallest absolute Gasteiger partial charge is 0.161 e. The molecule has 2 aromatic carbocycles. The number of methoxy groups -OCH3 is 1. The van der Waals surface area contributed by atoms with Crippen molar-refractivity contribution in [2.45, 2.75) is 13.2 Å². The van der Waals surface area contributed by atoms with Gasteiger partial charge in [-0.2, -0.15) is 0 Å². The zero-order chi connectivity index (χ0) is 14.7. The van der Waals surface area contributed by atoms with Crippen LogP contribution in [-0.2, 0) is 13.2 Å². The van der Waals surface area contributed by atoms with Crippen LogP contribution in [0.2, 0.25) is 0 Å². The fraction of sp³-hybridized carbons (Fsp3) is 0.176. The van der Waals surface area contributed by atoms with Gasteiger partial charge in [-0.15, -0.1) is 11.3 Å². The monoisotopic (exact) mass is 299 g/mol. The minimum Gasteiger partial charge on any atom is -0.493 e. The van der Waals surface area contributed by atoms with Crippen molar-refractivity contribution >= 4 is 21.4 Å². The normalized spacial score (nSPS) is 10.8. The molecule has 0 bridgehead atoms. The molecule has 0 aliphatic carbocycles. The number of hydrogen-bond donors (Lipinski definition) is 1. The molecule has 0 radical (unpaired) electrons. The Kier molecular flexibility index (Phi) is 4.08. The summed E-state index contributed by atoms with van der Waals surface area (Å²) < 4.78 is 12.6. The van der Waals surface area contributed by atoms with Crippen LogP contribution in [0.15, 0.2) is 47.8 Å². The SMILES string of the molecule is COc1cc(CN)ccc1OCc1csc2ccccc12. The van der Waals surface area contributed by atoms with Gasteiger partial charge in [0.2, 0.25) is 0 Å². The van der Waals surface area contributed by atoms with E-state index in [4.69, 9.17) is 15.2 Å². The Morgan fingerprint density at radius 2 is 1.95 bits per heavy atom. The summed E-state index contributed by atoms with van der Waals surface area (Å²) in [6.45, 7) is 1.02. The molecule has 21 heavy (non-hydrogen) atoms. The first kappa shape index (κ1) is 13.9. The first-order valence-corrected chi connectivity index (χ1v) is 7.64. The van der Waals surface area contributed by atoms with E-state index in [9.17, 15) is 0 Å². The molecule has 0 spiro atoms. The molecule has 3 rings (SSSR count). The highest BCUT2D eigenvalue weighted by Gasteiger charge is 2.08. The van der Waals surface area contributed by atoms with Gasteiger partial charge in [0.25, 0.3) is 0 Å². The zero-order valence-electron chi connectivity index (χ0n) is 11.8. The predicted octanol–water partition coefficient (Wildman–Crippen LogP) is 3.95. The summed E-state index contributed by atoms with van der Waals surface area (Å²) in [4.78, 5) is 0. The molecule has 4 heteroatoms. The first-order valence-electron chi connectivity index (χ1n) is 6.76. The molecule has 3 nitrogen and oxygen atoms in total. The van der Waals surface area contributed by atoms with E-state index < -0.39 is 0 Å². The number of rotatable bonds is 5. The van der Waals surface area contributed by atoms with Crippen molar-refractivity contribution in [3.8, 4) is 11.5 Å². The molecular formula is C17H17NO2S. The molecule has 0 atom stereocenters. The zero-order valence-corrected chi connectivity index (χ0v) is 12.7. The summed E-state index contributed by atoms with van der Waals surface area (Å²) in [5.74, 6) is 1.46. The maximum Gasteiger partial charge on any atom is 0.161 e. The fourth-order valence-corrected chi connectivity index (χ4v) is 3.21. The third-order valence-corrected chi connectivity index (χ3v) is 4.42. The van der Waals surface area contributed by atoms with Gasteiger partial charge in [-0.25, -0.2) is 0 Å². The van der Waals surface area contributed by atoms with Crippen LogP contribution in [0.3, 0.4) is 0 Å². The predicted molar refractivity (Wildman–Crippen MR) is 87.0 cm³/mol. The summed E-state index contributed by atoms with van der Waals surface area (Å²) in [5.41, 5.74) is 7.86. The molecule has 2 N–H and O–H groups in total. The van der Waals surface area contributed by atoms with Gasteiger partial charge < -0.3 is 15.2 Å². The molecule has 0 unspecified atom stereocenters. The molecular weight excluding hydrogens is 282 g/mol. The van der Waals surface area contributed by atoms with Crippen molar-refractivity contribution in [1.29, 1.82) is 0 Å². The van der Waals surface area contributed by atoms with Crippen LogP contribution in [-0.4, -0.2) is 7.11 Å². The van der Waals surface area contributed by atoms with E-state index in [-0.39, 0.29) is 0 Å². The maximum absolute atomic E-state index is 5.92. The van der Waals surface area contributed by atoms with Gasteiger partial charge in [0, 0.05) is 16.8 Å². The fourth-order valence-electron chi connectivity index (χ4n) is 2.26. The van der Waals surface area contributed by atoms with Crippen molar-refractivity contribution < 1.29 is 9.47 Å². The van der Waals surface area contributed by atoms with Crippen LogP contribution >= 0.6 is 11.3 Å². The third kappa shape index (κ3) is 2.86. The Balaban J connectivity index is 1.81. The molecule has 1 aromatic heterocycles. The summed E-state index contributed by atoms with van der Waals surface area (Å²) in [5, 5.41) is 3.39. The second-order valence-corrected chi connectivity index (χ2v) is 5.65. The Morgan fingerprint density at radius 3 is 2.76 bits per heavy atom.